The van der Waals surface area contributed by atoms with Gasteiger partial charge in [0, 0.05) is 31.4 Å². The van der Waals surface area contributed by atoms with Gasteiger partial charge in [-0.05, 0) is 38.1 Å². The Balaban J connectivity index is 1.60. The van der Waals surface area contributed by atoms with Crippen molar-refractivity contribution < 1.29 is 9.59 Å². The smallest absolute Gasteiger partial charge is 0.253 e. The lowest BCUT2D eigenvalue weighted by molar-refractivity contribution is -0.121. The number of benzene rings is 1. The fraction of sp³-hybridized carbons (Fsp3) is 0.381. The largest absolute Gasteiger partial charge is 0.350 e. The third kappa shape index (κ3) is 5.53. The lowest BCUT2D eigenvalue weighted by atomic mass is 10.1. The minimum absolute atomic E-state index is 0.0980. The molecule has 1 unspecified atom stereocenters. The van der Waals surface area contributed by atoms with E-state index in [1.54, 1.807) is 0 Å². The van der Waals surface area contributed by atoms with Crippen LogP contribution in [0.1, 0.15) is 28.8 Å². The molecule has 2 aromatic rings. The second kappa shape index (κ2) is 9.32. The van der Waals surface area contributed by atoms with Crippen molar-refractivity contribution in [3.8, 4) is 0 Å². The second-order valence-corrected chi connectivity index (χ2v) is 7.22. The van der Waals surface area contributed by atoms with Gasteiger partial charge in [-0.25, -0.2) is 0 Å². The summed E-state index contributed by atoms with van der Waals surface area (Å²) in [5, 5.41) is 5.80. The van der Waals surface area contributed by atoms with Crippen molar-refractivity contribution in [1.82, 2.24) is 20.1 Å². The van der Waals surface area contributed by atoms with Gasteiger partial charge in [0.1, 0.15) is 6.54 Å². The number of carbonyl (C=O) groups is 2. The summed E-state index contributed by atoms with van der Waals surface area (Å²) in [6.45, 7) is 2.12. The van der Waals surface area contributed by atoms with Gasteiger partial charge in [0.05, 0.1) is 5.56 Å². The van der Waals surface area contributed by atoms with Crippen LogP contribution in [0.4, 0.5) is 0 Å². The molecule has 148 valence electrons. The lowest BCUT2D eigenvalue weighted by Crippen LogP contribution is -2.46. The monoisotopic (exact) mass is 382 g/mol. The maximum absolute atomic E-state index is 12.5. The van der Waals surface area contributed by atoms with Crippen molar-refractivity contribution in [1.29, 1.82) is 0 Å². The molecule has 1 aliphatic heterocycles. The topological polar surface area (TPSA) is 83.4 Å². The number of amides is 2. The van der Waals surface area contributed by atoms with Gasteiger partial charge in [0.25, 0.3) is 11.5 Å². The Kier molecular flexibility index (Phi) is 6.60. The van der Waals surface area contributed by atoms with E-state index in [0.29, 0.717) is 12.1 Å². The molecule has 0 aliphatic carbocycles. The van der Waals surface area contributed by atoms with Crippen LogP contribution < -0.4 is 16.2 Å². The molecule has 2 amide bonds. The molecule has 1 saturated heterocycles. The molecular weight excluding hydrogens is 356 g/mol. The van der Waals surface area contributed by atoms with E-state index in [-0.39, 0.29) is 30.0 Å². The van der Waals surface area contributed by atoms with Gasteiger partial charge >= 0.3 is 0 Å². The Hall–Kier alpha value is -2.93. The molecule has 0 saturated carbocycles. The highest BCUT2D eigenvalue weighted by molar-refractivity contribution is 5.94. The Morgan fingerprint density at radius 2 is 1.93 bits per heavy atom. The summed E-state index contributed by atoms with van der Waals surface area (Å²) in [4.78, 5) is 39.0. The van der Waals surface area contributed by atoms with Crippen LogP contribution in [0.5, 0.6) is 0 Å². The highest BCUT2D eigenvalue weighted by Crippen LogP contribution is 2.09. The first-order valence-corrected chi connectivity index (χ1v) is 9.52. The van der Waals surface area contributed by atoms with Gasteiger partial charge in [-0.15, -0.1) is 0 Å². The molecule has 28 heavy (non-hydrogen) atoms. The fourth-order valence-electron chi connectivity index (χ4n) is 3.35. The van der Waals surface area contributed by atoms with Gasteiger partial charge in [0.15, 0.2) is 0 Å². The zero-order chi connectivity index (χ0) is 19.9. The summed E-state index contributed by atoms with van der Waals surface area (Å²) < 4.78 is 1.27. The van der Waals surface area contributed by atoms with Crippen LogP contribution in [0.25, 0.3) is 0 Å². The van der Waals surface area contributed by atoms with Crippen molar-refractivity contribution in [3.05, 3.63) is 70.1 Å². The van der Waals surface area contributed by atoms with Crippen molar-refractivity contribution in [3.63, 3.8) is 0 Å². The molecule has 1 aliphatic rings. The molecule has 1 aromatic carbocycles. The molecule has 7 nitrogen and oxygen atoms in total. The SMILES string of the molecule is CN1CCCC(NC(=O)c2ccc(=O)n(CC(=O)NCc3ccccc3)c2)C1. The highest BCUT2D eigenvalue weighted by Gasteiger charge is 2.20. The quantitative estimate of drug-likeness (QED) is 0.780. The van der Waals surface area contributed by atoms with Crippen LogP contribution in [0, 0.1) is 0 Å². The number of aromatic nitrogens is 1. The number of carbonyl (C=O) groups excluding carboxylic acids is 2. The number of nitrogens with zero attached hydrogens (tertiary/aromatic N) is 2. The van der Waals surface area contributed by atoms with E-state index < -0.39 is 0 Å². The van der Waals surface area contributed by atoms with Gasteiger partial charge in [0.2, 0.25) is 5.91 Å². The number of hydrogen-bond acceptors (Lipinski definition) is 4. The fourth-order valence-corrected chi connectivity index (χ4v) is 3.35. The van der Waals surface area contributed by atoms with E-state index in [4.69, 9.17) is 0 Å². The van der Waals surface area contributed by atoms with E-state index in [1.165, 1.54) is 22.9 Å². The van der Waals surface area contributed by atoms with Crippen molar-refractivity contribution >= 4 is 11.8 Å². The average Bonchev–Trinajstić information content (AvgIpc) is 2.69. The third-order valence-corrected chi connectivity index (χ3v) is 4.85. The molecule has 3 rings (SSSR count). The van der Waals surface area contributed by atoms with E-state index in [9.17, 15) is 14.4 Å². The maximum Gasteiger partial charge on any atom is 0.253 e. The van der Waals surface area contributed by atoms with Crippen LogP contribution in [0.2, 0.25) is 0 Å². The third-order valence-electron chi connectivity index (χ3n) is 4.85. The molecular formula is C21H26N4O3. The zero-order valence-corrected chi connectivity index (χ0v) is 16.1. The summed E-state index contributed by atoms with van der Waals surface area (Å²) in [6.07, 6.45) is 3.44. The summed E-state index contributed by atoms with van der Waals surface area (Å²) >= 11 is 0. The number of likely N-dealkylation sites (tertiary alicyclic amines) is 1. The van der Waals surface area contributed by atoms with E-state index >= 15 is 0 Å². The minimum atomic E-state index is -0.316. The Morgan fingerprint density at radius 1 is 1.14 bits per heavy atom. The average molecular weight is 382 g/mol. The summed E-state index contributed by atoms with van der Waals surface area (Å²) in [7, 11) is 2.03. The van der Waals surface area contributed by atoms with Crippen LogP contribution in [0.3, 0.4) is 0 Å². The molecule has 7 heteroatoms. The van der Waals surface area contributed by atoms with Gasteiger partial charge in [-0.3, -0.25) is 14.4 Å². The minimum Gasteiger partial charge on any atom is -0.350 e. The predicted molar refractivity (Wildman–Crippen MR) is 107 cm³/mol. The van der Waals surface area contributed by atoms with Crippen molar-refractivity contribution in [2.24, 2.45) is 0 Å². The molecule has 1 aromatic heterocycles. The molecule has 2 heterocycles. The zero-order valence-electron chi connectivity index (χ0n) is 16.1. The lowest BCUT2D eigenvalue weighted by Gasteiger charge is -2.30. The van der Waals surface area contributed by atoms with Gasteiger partial charge in [-0.1, -0.05) is 30.3 Å². The first-order valence-electron chi connectivity index (χ1n) is 9.52. The van der Waals surface area contributed by atoms with Crippen LogP contribution in [-0.2, 0) is 17.9 Å². The first kappa shape index (κ1) is 19.8. The molecule has 1 atom stereocenters. The highest BCUT2D eigenvalue weighted by atomic mass is 16.2. The van der Waals surface area contributed by atoms with E-state index in [1.807, 2.05) is 37.4 Å². The molecule has 0 bridgehead atoms. The molecule has 0 radical (unpaired) electrons. The maximum atomic E-state index is 12.5. The summed E-state index contributed by atoms with van der Waals surface area (Å²) in [5.74, 6) is -0.504. The molecule has 2 N–H and O–H groups in total. The number of likely N-dealkylation sites (N-methyl/N-ethyl adjacent to an activating group) is 1. The number of nitrogens with one attached hydrogen (secondary N) is 2. The summed E-state index contributed by atoms with van der Waals surface area (Å²) in [6, 6.07) is 12.5. The summed E-state index contributed by atoms with van der Waals surface area (Å²) in [5.41, 5.74) is 1.04. The Labute approximate surface area is 164 Å². The number of pyridine rings is 1. The standard InChI is InChI=1S/C21H26N4O3/c1-24-11-5-8-18(14-24)23-21(28)17-9-10-20(27)25(13-17)15-19(26)22-12-16-6-3-2-4-7-16/h2-4,6-7,9-10,13,18H,5,8,11-12,14-15H2,1H3,(H,22,26)(H,23,28). The predicted octanol–water partition coefficient (Wildman–Crippen LogP) is 0.989. The molecule has 1 fully saturated rings. The van der Waals surface area contributed by atoms with Crippen LogP contribution in [0.15, 0.2) is 53.5 Å². The number of rotatable bonds is 6. The normalized spacial score (nSPS) is 17.1. The molecule has 0 spiro atoms. The number of piperidine rings is 1. The Morgan fingerprint density at radius 3 is 2.68 bits per heavy atom. The second-order valence-electron chi connectivity index (χ2n) is 7.22. The Bertz CT molecular complexity index is 879. The van der Waals surface area contributed by atoms with Gasteiger partial charge < -0.3 is 20.1 Å². The van der Waals surface area contributed by atoms with E-state index in [2.05, 4.69) is 15.5 Å². The van der Waals surface area contributed by atoms with Crippen LogP contribution >= 0.6 is 0 Å². The van der Waals surface area contributed by atoms with Crippen LogP contribution in [-0.4, -0.2) is 47.5 Å². The van der Waals surface area contributed by atoms with Crippen molar-refractivity contribution in [2.75, 3.05) is 20.1 Å². The van der Waals surface area contributed by atoms with E-state index in [0.717, 1.165) is 31.5 Å². The number of hydrogen-bond donors (Lipinski definition) is 2. The first-order chi connectivity index (χ1) is 13.5. The van der Waals surface area contributed by atoms with Gasteiger partial charge in [-0.2, -0.15) is 0 Å². The van der Waals surface area contributed by atoms with Crippen molar-refractivity contribution in [2.45, 2.75) is 32.0 Å².